The number of benzene rings is 4. The van der Waals surface area contributed by atoms with Crippen LogP contribution in [-0.2, 0) is 32.6 Å². The first-order valence-corrected chi connectivity index (χ1v) is 17.1. The van der Waals surface area contributed by atoms with Crippen molar-refractivity contribution in [3.8, 4) is 0 Å². The van der Waals surface area contributed by atoms with Crippen molar-refractivity contribution < 1.29 is 18.0 Å². The van der Waals surface area contributed by atoms with Crippen LogP contribution in [0.3, 0.4) is 0 Å². The van der Waals surface area contributed by atoms with Gasteiger partial charge in [-0.2, -0.15) is 0 Å². The van der Waals surface area contributed by atoms with Crippen molar-refractivity contribution >= 4 is 27.5 Å². The Morgan fingerprint density at radius 1 is 0.717 bits per heavy atom. The van der Waals surface area contributed by atoms with E-state index in [1.54, 1.807) is 36.4 Å². The fraction of sp³-hybridized carbons (Fsp3) is 0.316. The Bertz CT molecular complexity index is 1730. The number of amides is 2. The number of nitrogens with one attached hydrogen (secondary N) is 1. The van der Waals surface area contributed by atoms with Crippen LogP contribution in [0.15, 0.2) is 102 Å². The number of hydrogen-bond donors (Lipinski definition) is 1. The second-order valence-electron chi connectivity index (χ2n) is 12.5. The molecule has 0 fully saturated rings. The minimum atomic E-state index is -4.15. The first-order valence-electron chi connectivity index (χ1n) is 15.7. The van der Waals surface area contributed by atoms with Crippen molar-refractivity contribution in [1.82, 2.24) is 10.2 Å². The minimum Gasteiger partial charge on any atom is -0.354 e. The maximum atomic E-state index is 14.6. The summed E-state index contributed by atoms with van der Waals surface area (Å²) >= 11 is 0. The molecule has 2 amide bonds. The fourth-order valence-corrected chi connectivity index (χ4v) is 6.84. The lowest BCUT2D eigenvalue weighted by molar-refractivity contribution is -0.140. The summed E-state index contributed by atoms with van der Waals surface area (Å²) in [5, 5.41) is 3.03. The van der Waals surface area contributed by atoms with Gasteiger partial charge in [0.1, 0.15) is 12.6 Å². The third kappa shape index (κ3) is 9.07. The summed E-state index contributed by atoms with van der Waals surface area (Å²) in [6, 6.07) is 28.6. The van der Waals surface area contributed by atoms with E-state index in [2.05, 4.69) is 5.32 Å². The topological polar surface area (TPSA) is 86.8 Å². The monoisotopic (exact) mass is 639 g/mol. The molecule has 4 rings (SSSR count). The number of sulfonamides is 1. The summed E-state index contributed by atoms with van der Waals surface area (Å²) < 4.78 is 29.7. The van der Waals surface area contributed by atoms with Crippen molar-refractivity contribution in [3.05, 3.63) is 130 Å². The predicted octanol–water partition coefficient (Wildman–Crippen LogP) is 6.53. The molecule has 0 aliphatic rings. The van der Waals surface area contributed by atoms with Gasteiger partial charge in [-0.05, 0) is 80.1 Å². The zero-order valence-electron chi connectivity index (χ0n) is 27.7. The van der Waals surface area contributed by atoms with Crippen molar-refractivity contribution in [2.45, 2.75) is 65.4 Å². The van der Waals surface area contributed by atoms with Gasteiger partial charge in [0.15, 0.2) is 0 Å². The molecular weight excluding hydrogens is 595 g/mol. The highest BCUT2D eigenvalue weighted by Crippen LogP contribution is 2.27. The highest BCUT2D eigenvalue weighted by atomic mass is 32.2. The molecule has 0 radical (unpaired) electrons. The van der Waals surface area contributed by atoms with Gasteiger partial charge < -0.3 is 10.2 Å². The molecule has 0 unspecified atom stereocenters. The van der Waals surface area contributed by atoms with Gasteiger partial charge in [0.25, 0.3) is 10.0 Å². The molecule has 4 aromatic carbocycles. The van der Waals surface area contributed by atoms with E-state index >= 15 is 0 Å². The van der Waals surface area contributed by atoms with Crippen molar-refractivity contribution in [3.63, 3.8) is 0 Å². The molecule has 0 saturated carbocycles. The number of carbonyl (C=O) groups is 2. The molecule has 0 aliphatic heterocycles. The van der Waals surface area contributed by atoms with E-state index in [-0.39, 0.29) is 29.7 Å². The van der Waals surface area contributed by atoms with Gasteiger partial charge in [0, 0.05) is 19.5 Å². The molecule has 46 heavy (non-hydrogen) atoms. The largest absolute Gasteiger partial charge is 0.354 e. The number of aryl methyl sites for hydroxylation is 4. The molecule has 4 aromatic rings. The molecule has 0 aromatic heterocycles. The lowest BCUT2D eigenvalue weighted by Gasteiger charge is -2.34. The lowest BCUT2D eigenvalue weighted by atomic mass is 10.0. The quantitative estimate of drug-likeness (QED) is 0.180. The summed E-state index contributed by atoms with van der Waals surface area (Å²) in [5.41, 5.74) is 5.83. The Hall–Kier alpha value is -4.43. The average Bonchev–Trinajstić information content (AvgIpc) is 3.00. The lowest BCUT2D eigenvalue weighted by Crippen LogP contribution is -2.53. The zero-order chi connectivity index (χ0) is 33.4. The smallest absolute Gasteiger partial charge is 0.264 e. The van der Waals surface area contributed by atoms with Crippen LogP contribution in [-0.4, -0.2) is 44.3 Å². The van der Waals surface area contributed by atoms with Gasteiger partial charge in [-0.25, -0.2) is 8.42 Å². The van der Waals surface area contributed by atoms with Crippen LogP contribution in [0.1, 0.15) is 47.2 Å². The maximum Gasteiger partial charge on any atom is 0.264 e. The molecule has 0 saturated heterocycles. The molecule has 0 heterocycles. The Balaban J connectivity index is 1.82. The third-order valence-electron chi connectivity index (χ3n) is 7.77. The minimum absolute atomic E-state index is 0.0887. The van der Waals surface area contributed by atoms with Crippen LogP contribution in [0.5, 0.6) is 0 Å². The van der Waals surface area contributed by atoms with Crippen LogP contribution < -0.4 is 9.62 Å². The summed E-state index contributed by atoms with van der Waals surface area (Å²) in [4.78, 5) is 30.2. The van der Waals surface area contributed by atoms with E-state index in [1.807, 2.05) is 102 Å². The second-order valence-corrected chi connectivity index (χ2v) is 14.4. The standard InChI is InChI=1S/C38H45N3O4S/c1-27(2)24-39-38(43)36(23-32-12-8-7-9-13-32)40(25-33-14-10-11-29(4)20-33)37(42)26-41(34-21-30(5)19-31(6)22-34)46(44,45)35-17-15-28(3)16-18-35/h7-22,27,36H,23-26H2,1-6H3,(H,39,43)/t36-/m1/s1. The average molecular weight is 640 g/mol. The normalized spacial score (nSPS) is 12.1. The van der Waals surface area contributed by atoms with Crippen molar-refractivity contribution in [2.24, 2.45) is 5.92 Å². The number of hydrogen-bond acceptors (Lipinski definition) is 4. The Morgan fingerprint density at radius 2 is 1.35 bits per heavy atom. The Morgan fingerprint density at radius 3 is 1.96 bits per heavy atom. The fourth-order valence-electron chi connectivity index (χ4n) is 5.44. The molecule has 7 nitrogen and oxygen atoms in total. The molecule has 1 N–H and O–H groups in total. The van der Waals surface area contributed by atoms with E-state index in [0.717, 1.165) is 33.4 Å². The molecule has 8 heteroatoms. The zero-order valence-corrected chi connectivity index (χ0v) is 28.5. The summed E-state index contributed by atoms with van der Waals surface area (Å²) in [7, 11) is -4.15. The van der Waals surface area contributed by atoms with Crippen LogP contribution >= 0.6 is 0 Å². The highest BCUT2D eigenvalue weighted by Gasteiger charge is 2.34. The molecule has 0 bridgehead atoms. The van der Waals surface area contributed by atoms with Crippen molar-refractivity contribution in [2.75, 3.05) is 17.4 Å². The number of carbonyl (C=O) groups excluding carboxylic acids is 2. The third-order valence-corrected chi connectivity index (χ3v) is 9.56. The van der Waals surface area contributed by atoms with Gasteiger partial charge in [0.05, 0.1) is 10.6 Å². The number of anilines is 1. The molecule has 1 atom stereocenters. The molecule has 242 valence electrons. The van der Waals surface area contributed by atoms with Gasteiger partial charge >= 0.3 is 0 Å². The van der Waals surface area contributed by atoms with Crippen LogP contribution in [0.2, 0.25) is 0 Å². The summed E-state index contributed by atoms with van der Waals surface area (Å²) in [5.74, 6) is -0.545. The van der Waals surface area contributed by atoms with E-state index in [4.69, 9.17) is 0 Å². The van der Waals surface area contributed by atoms with Crippen LogP contribution in [0.4, 0.5) is 5.69 Å². The summed E-state index contributed by atoms with van der Waals surface area (Å²) in [6.07, 6.45) is 0.274. The van der Waals surface area contributed by atoms with Crippen molar-refractivity contribution in [1.29, 1.82) is 0 Å². The van der Waals surface area contributed by atoms with Crippen LogP contribution in [0.25, 0.3) is 0 Å². The predicted molar refractivity (Wildman–Crippen MR) is 185 cm³/mol. The Labute approximate surface area is 274 Å². The number of rotatable bonds is 13. The SMILES string of the molecule is Cc1ccc(S(=O)(=O)N(CC(=O)N(Cc2cccc(C)c2)[C@H](Cc2ccccc2)C(=O)NCC(C)C)c2cc(C)cc(C)c2)cc1. The molecule has 0 aliphatic carbocycles. The van der Waals surface area contributed by atoms with E-state index in [9.17, 15) is 18.0 Å². The van der Waals surface area contributed by atoms with Gasteiger partial charge in [-0.15, -0.1) is 0 Å². The van der Waals surface area contributed by atoms with E-state index in [0.29, 0.717) is 12.2 Å². The van der Waals surface area contributed by atoms with Gasteiger partial charge in [-0.3, -0.25) is 13.9 Å². The number of nitrogens with zero attached hydrogens (tertiary/aromatic N) is 2. The Kier molecular flexibility index (Phi) is 11.4. The van der Waals surface area contributed by atoms with Gasteiger partial charge in [-0.1, -0.05) is 97.8 Å². The first-order chi connectivity index (χ1) is 21.8. The summed E-state index contributed by atoms with van der Waals surface area (Å²) in [6.45, 7) is 11.8. The maximum absolute atomic E-state index is 14.6. The molecular formula is C38H45N3O4S. The van der Waals surface area contributed by atoms with Crippen LogP contribution in [0, 0.1) is 33.6 Å². The first kappa shape index (κ1) is 34.4. The molecule has 0 spiro atoms. The van der Waals surface area contributed by atoms with Gasteiger partial charge in [0.2, 0.25) is 11.8 Å². The van der Waals surface area contributed by atoms with E-state index in [1.165, 1.54) is 9.21 Å². The highest BCUT2D eigenvalue weighted by molar-refractivity contribution is 7.92. The van der Waals surface area contributed by atoms with E-state index < -0.39 is 28.5 Å². The second kappa shape index (κ2) is 15.2.